The number of benzene rings is 1. The summed E-state index contributed by atoms with van der Waals surface area (Å²) >= 11 is 1.51. The van der Waals surface area contributed by atoms with Gasteiger partial charge in [0, 0.05) is 17.6 Å². The number of ether oxygens (including phenoxy) is 1. The van der Waals surface area contributed by atoms with Gasteiger partial charge in [-0.25, -0.2) is 9.97 Å². The van der Waals surface area contributed by atoms with Gasteiger partial charge < -0.3 is 10.1 Å². The van der Waals surface area contributed by atoms with Crippen LogP contribution in [0, 0.1) is 6.92 Å². The molecule has 0 saturated heterocycles. The topological polar surface area (TPSA) is 64.1 Å². The Balaban J connectivity index is 0.00000144. The van der Waals surface area contributed by atoms with E-state index in [-0.39, 0.29) is 24.8 Å². The minimum Gasteiger partial charge on any atom is -0.456 e. The molecule has 3 aromatic rings. The molecule has 0 atom stereocenters. The van der Waals surface area contributed by atoms with Crippen molar-refractivity contribution in [3.8, 4) is 11.5 Å². The highest BCUT2D eigenvalue weighted by Crippen LogP contribution is 2.27. The first-order chi connectivity index (χ1) is 10.7. The quantitative estimate of drug-likeness (QED) is 0.625. The summed E-state index contributed by atoms with van der Waals surface area (Å²) in [5, 5.41) is 5.86. The Kier molecular flexibility index (Phi) is 7.64. The predicted molar refractivity (Wildman–Crippen MR) is 101 cm³/mol. The van der Waals surface area contributed by atoms with Gasteiger partial charge in [0.1, 0.15) is 17.3 Å². The van der Waals surface area contributed by atoms with E-state index in [4.69, 9.17) is 4.74 Å². The number of pyridine rings is 1. The number of halogens is 2. The molecule has 0 fully saturated rings. The third-order valence-corrected chi connectivity index (χ3v) is 3.73. The molecule has 8 heteroatoms. The molecule has 0 radical (unpaired) electrons. The van der Waals surface area contributed by atoms with Crippen molar-refractivity contribution < 1.29 is 9.53 Å². The maximum Gasteiger partial charge on any atom is 0.188 e. The van der Waals surface area contributed by atoms with Crippen molar-refractivity contribution in [2.45, 2.75) is 6.92 Å². The molecule has 2 aromatic heterocycles. The minimum atomic E-state index is 0. The number of nitrogens with one attached hydrogen (secondary N) is 1. The normalized spacial score (nSPS) is 9.38. The monoisotopic (exact) mass is 383 g/mol. The van der Waals surface area contributed by atoms with Gasteiger partial charge in [0.25, 0.3) is 0 Å². The van der Waals surface area contributed by atoms with E-state index in [1.54, 1.807) is 36.5 Å². The predicted octanol–water partition coefficient (Wildman–Crippen LogP) is 5.04. The van der Waals surface area contributed by atoms with Crippen molar-refractivity contribution >= 4 is 53.4 Å². The number of anilines is 2. The third-order valence-electron chi connectivity index (χ3n) is 2.86. The SMILES string of the molecule is Cc1csc(Nc2cc(Oc3ccccc3C=O)ccn2)n1.Cl.Cl. The molecule has 3 rings (SSSR count). The van der Waals surface area contributed by atoms with E-state index in [2.05, 4.69) is 15.3 Å². The third kappa shape index (κ3) is 4.92. The lowest BCUT2D eigenvalue weighted by Crippen LogP contribution is -1.95. The zero-order valence-electron chi connectivity index (χ0n) is 12.6. The van der Waals surface area contributed by atoms with E-state index in [0.29, 0.717) is 22.9 Å². The number of aryl methyl sites for hydroxylation is 1. The second kappa shape index (κ2) is 9.22. The van der Waals surface area contributed by atoms with E-state index in [1.165, 1.54) is 11.3 Å². The van der Waals surface area contributed by atoms with Gasteiger partial charge in [0.05, 0.1) is 11.3 Å². The zero-order valence-corrected chi connectivity index (χ0v) is 15.1. The Hall–Kier alpha value is -2.15. The Morgan fingerprint density at radius 3 is 2.71 bits per heavy atom. The summed E-state index contributed by atoms with van der Waals surface area (Å²) in [7, 11) is 0. The summed E-state index contributed by atoms with van der Waals surface area (Å²) in [6, 6.07) is 10.6. The zero-order chi connectivity index (χ0) is 15.4. The van der Waals surface area contributed by atoms with Crippen molar-refractivity contribution in [3.63, 3.8) is 0 Å². The van der Waals surface area contributed by atoms with Gasteiger partial charge in [-0.3, -0.25) is 4.79 Å². The van der Waals surface area contributed by atoms with Crippen LogP contribution >= 0.6 is 36.2 Å². The fourth-order valence-electron chi connectivity index (χ4n) is 1.86. The number of aromatic nitrogens is 2. The molecule has 24 heavy (non-hydrogen) atoms. The van der Waals surface area contributed by atoms with Gasteiger partial charge in [-0.2, -0.15) is 0 Å². The first-order valence-electron chi connectivity index (χ1n) is 6.62. The second-order valence-corrected chi connectivity index (χ2v) is 5.41. The van der Waals surface area contributed by atoms with Crippen molar-refractivity contribution in [1.29, 1.82) is 0 Å². The number of nitrogens with zero attached hydrogens (tertiary/aromatic N) is 2. The van der Waals surface area contributed by atoms with Crippen LogP contribution in [0.1, 0.15) is 16.1 Å². The molecule has 5 nitrogen and oxygen atoms in total. The van der Waals surface area contributed by atoms with Crippen LogP contribution in [0.3, 0.4) is 0 Å². The van der Waals surface area contributed by atoms with Crippen molar-refractivity contribution in [1.82, 2.24) is 9.97 Å². The van der Waals surface area contributed by atoms with E-state index in [0.717, 1.165) is 17.1 Å². The van der Waals surface area contributed by atoms with Crippen LogP contribution in [0.2, 0.25) is 0 Å². The molecule has 0 spiro atoms. The van der Waals surface area contributed by atoms with Crippen LogP contribution in [-0.2, 0) is 0 Å². The van der Waals surface area contributed by atoms with Crippen molar-refractivity contribution in [3.05, 3.63) is 59.2 Å². The van der Waals surface area contributed by atoms with E-state index < -0.39 is 0 Å². The van der Waals surface area contributed by atoms with E-state index >= 15 is 0 Å². The summed E-state index contributed by atoms with van der Waals surface area (Å²) < 4.78 is 5.76. The number of thiazole rings is 1. The highest BCUT2D eigenvalue weighted by atomic mass is 35.5. The standard InChI is InChI=1S/C16H13N3O2S.2ClH/c1-11-10-22-16(18-11)19-15-8-13(6-7-17-15)21-14-5-3-2-4-12(14)9-20;;/h2-10H,1H3,(H,17,18,19);2*1H. The Morgan fingerprint density at radius 1 is 1.21 bits per heavy atom. The molecular weight excluding hydrogens is 369 g/mol. The Bertz CT molecular complexity index is 811. The average molecular weight is 384 g/mol. The molecule has 2 heterocycles. The lowest BCUT2D eigenvalue weighted by molar-refractivity contribution is 0.112. The molecule has 0 aliphatic carbocycles. The number of aldehydes is 1. The number of hydrogen-bond acceptors (Lipinski definition) is 6. The van der Waals surface area contributed by atoms with Crippen molar-refractivity contribution in [2.75, 3.05) is 5.32 Å². The molecule has 0 bridgehead atoms. The average Bonchev–Trinajstić information content (AvgIpc) is 2.93. The van der Waals surface area contributed by atoms with Crippen molar-refractivity contribution in [2.24, 2.45) is 0 Å². The van der Waals surface area contributed by atoms with Gasteiger partial charge in [-0.15, -0.1) is 36.2 Å². The molecule has 1 aromatic carbocycles. The lowest BCUT2D eigenvalue weighted by Gasteiger charge is -2.09. The first-order valence-corrected chi connectivity index (χ1v) is 7.50. The van der Waals surface area contributed by atoms with Gasteiger partial charge in [0.15, 0.2) is 11.4 Å². The van der Waals surface area contributed by atoms with E-state index in [9.17, 15) is 4.79 Å². The number of para-hydroxylation sites is 1. The summed E-state index contributed by atoms with van der Waals surface area (Å²) in [4.78, 5) is 19.6. The van der Waals surface area contributed by atoms with Crippen LogP contribution in [0.4, 0.5) is 10.9 Å². The molecule has 0 saturated carbocycles. The molecule has 0 aliphatic rings. The maximum atomic E-state index is 11.0. The molecule has 0 aliphatic heterocycles. The van der Waals surface area contributed by atoms with Gasteiger partial charge in [-0.1, -0.05) is 12.1 Å². The van der Waals surface area contributed by atoms with Crippen LogP contribution in [0.5, 0.6) is 11.5 Å². The van der Waals surface area contributed by atoms with Gasteiger partial charge in [0.2, 0.25) is 0 Å². The second-order valence-electron chi connectivity index (χ2n) is 4.55. The fraction of sp³-hybridized carbons (Fsp3) is 0.0625. The molecule has 1 N–H and O–H groups in total. The number of rotatable bonds is 5. The van der Waals surface area contributed by atoms with Crippen LogP contribution in [-0.4, -0.2) is 16.3 Å². The fourth-order valence-corrected chi connectivity index (χ4v) is 2.56. The Morgan fingerprint density at radius 2 is 2.00 bits per heavy atom. The lowest BCUT2D eigenvalue weighted by atomic mass is 10.2. The first kappa shape index (κ1) is 19.9. The van der Waals surface area contributed by atoms with Crippen LogP contribution in [0.25, 0.3) is 0 Å². The maximum absolute atomic E-state index is 11.0. The molecular formula is C16H15Cl2N3O2S. The van der Waals surface area contributed by atoms with Gasteiger partial charge >= 0.3 is 0 Å². The number of carbonyl (C=O) groups is 1. The van der Waals surface area contributed by atoms with Gasteiger partial charge in [-0.05, 0) is 25.1 Å². The Labute approximate surface area is 155 Å². The summed E-state index contributed by atoms with van der Waals surface area (Å²) in [6.07, 6.45) is 2.41. The minimum absolute atomic E-state index is 0. The highest BCUT2D eigenvalue weighted by molar-refractivity contribution is 7.13. The number of carbonyl (C=O) groups excluding carboxylic acids is 1. The molecule has 0 unspecified atom stereocenters. The smallest absolute Gasteiger partial charge is 0.188 e. The van der Waals surface area contributed by atoms with E-state index in [1.807, 2.05) is 18.4 Å². The largest absolute Gasteiger partial charge is 0.456 e. The summed E-state index contributed by atoms with van der Waals surface area (Å²) in [5.74, 6) is 1.75. The van der Waals surface area contributed by atoms with Crippen LogP contribution < -0.4 is 10.1 Å². The highest BCUT2D eigenvalue weighted by Gasteiger charge is 2.06. The molecule has 126 valence electrons. The van der Waals surface area contributed by atoms with Crippen LogP contribution in [0.15, 0.2) is 48.0 Å². The summed E-state index contributed by atoms with van der Waals surface area (Å²) in [5.41, 5.74) is 1.46. The molecule has 0 amide bonds. The summed E-state index contributed by atoms with van der Waals surface area (Å²) in [6.45, 7) is 1.94. The number of hydrogen-bond donors (Lipinski definition) is 1.